The molecule has 0 aliphatic carbocycles. The number of anilines is 1. The summed E-state index contributed by atoms with van der Waals surface area (Å²) in [5, 5.41) is 2.84. The number of nitrogen functional groups attached to an aromatic ring is 1. The van der Waals surface area contributed by atoms with E-state index < -0.39 is 0 Å². The van der Waals surface area contributed by atoms with Crippen molar-refractivity contribution in [2.45, 2.75) is 0 Å². The number of halogens is 1. The first-order chi connectivity index (χ1) is 8.75. The molecule has 0 fully saturated rings. The summed E-state index contributed by atoms with van der Waals surface area (Å²) in [6.45, 7) is 0. The second kappa shape index (κ2) is 4.55. The van der Waals surface area contributed by atoms with Gasteiger partial charge in [-0.15, -0.1) is 11.3 Å². The zero-order valence-corrected chi connectivity index (χ0v) is 11.5. The Balaban J connectivity index is 2.09. The molecule has 0 saturated heterocycles. The van der Waals surface area contributed by atoms with Crippen LogP contribution in [0.25, 0.3) is 10.2 Å². The number of fused-ring (bicyclic) bond motifs is 1. The Labute approximate surface area is 116 Å². The quantitative estimate of drug-likeness (QED) is 0.729. The molecule has 0 aliphatic heterocycles. The average molecular weight is 322 g/mol. The Bertz CT molecular complexity index is 693. The van der Waals surface area contributed by atoms with E-state index >= 15 is 0 Å². The van der Waals surface area contributed by atoms with E-state index in [4.69, 9.17) is 10.5 Å². The van der Waals surface area contributed by atoms with Gasteiger partial charge in [0.2, 0.25) is 5.88 Å². The SMILES string of the molecule is Nc1cccc(Br)c1Oc1ncnc2sccc12. The van der Waals surface area contributed by atoms with Crippen molar-refractivity contribution in [3.05, 3.63) is 40.4 Å². The molecule has 0 saturated carbocycles. The molecule has 0 radical (unpaired) electrons. The van der Waals surface area contributed by atoms with Gasteiger partial charge in [-0.25, -0.2) is 9.97 Å². The molecule has 4 nitrogen and oxygen atoms in total. The lowest BCUT2D eigenvalue weighted by Gasteiger charge is -2.09. The molecule has 90 valence electrons. The van der Waals surface area contributed by atoms with Crippen LogP contribution in [0.1, 0.15) is 0 Å². The van der Waals surface area contributed by atoms with Crippen LogP contribution in [0, 0.1) is 0 Å². The third-order valence-electron chi connectivity index (χ3n) is 2.42. The number of ether oxygens (including phenoxy) is 1. The van der Waals surface area contributed by atoms with E-state index in [1.54, 1.807) is 17.4 Å². The minimum absolute atomic E-state index is 0.514. The van der Waals surface area contributed by atoms with Gasteiger partial charge in [-0.05, 0) is 39.5 Å². The molecule has 0 atom stereocenters. The highest BCUT2D eigenvalue weighted by atomic mass is 79.9. The van der Waals surface area contributed by atoms with Crippen LogP contribution >= 0.6 is 27.3 Å². The van der Waals surface area contributed by atoms with Gasteiger partial charge in [-0.1, -0.05) is 6.07 Å². The number of hydrogen-bond acceptors (Lipinski definition) is 5. The molecule has 2 N–H and O–H groups in total. The average Bonchev–Trinajstić information content (AvgIpc) is 2.83. The molecule has 18 heavy (non-hydrogen) atoms. The third kappa shape index (κ3) is 1.93. The summed E-state index contributed by atoms with van der Waals surface area (Å²) < 4.78 is 6.59. The minimum Gasteiger partial charge on any atom is -0.435 e. The van der Waals surface area contributed by atoms with Gasteiger partial charge in [0.25, 0.3) is 0 Å². The van der Waals surface area contributed by atoms with Gasteiger partial charge < -0.3 is 10.5 Å². The topological polar surface area (TPSA) is 61.0 Å². The molecule has 0 spiro atoms. The zero-order valence-electron chi connectivity index (χ0n) is 9.13. The summed E-state index contributed by atoms with van der Waals surface area (Å²) in [4.78, 5) is 9.22. The van der Waals surface area contributed by atoms with E-state index in [2.05, 4.69) is 25.9 Å². The fraction of sp³-hybridized carbons (Fsp3) is 0. The third-order valence-corrected chi connectivity index (χ3v) is 3.87. The molecule has 0 aliphatic rings. The van der Waals surface area contributed by atoms with E-state index in [-0.39, 0.29) is 0 Å². The highest BCUT2D eigenvalue weighted by molar-refractivity contribution is 9.10. The van der Waals surface area contributed by atoms with Crippen LogP contribution in [-0.2, 0) is 0 Å². The van der Waals surface area contributed by atoms with Crippen molar-refractivity contribution in [3.8, 4) is 11.6 Å². The number of aromatic nitrogens is 2. The number of hydrogen-bond donors (Lipinski definition) is 1. The second-order valence-corrected chi connectivity index (χ2v) is 5.33. The summed E-state index contributed by atoms with van der Waals surface area (Å²) in [7, 11) is 0. The van der Waals surface area contributed by atoms with Crippen LogP contribution in [0.3, 0.4) is 0 Å². The molecule has 0 unspecified atom stereocenters. The number of nitrogens with zero attached hydrogens (tertiary/aromatic N) is 2. The molecular formula is C12H8BrN3OS. The van der Waals surface area contributed by atoms with Gasteiger partial charge in [-0.2, -0.15) is 0 Å². The molecule has 6 heteroatoms. The first-order valence-corrected chi connectivity index (χ1v) is 6.83. The van der Waals surface area contributed by atoms with E-state index in [0.717, 1.165) is 14.7 Å². The molecular weight excluding hydrogens is 314 g/mol. The Morgan fingerprint density at radius 2 is 2.11 bits per heavy atom. The van der Waals surface area contributed by atoms with Crippen LogP contribution in [0.4, 0.5) is 5.69 Å². The number of para-hydroxylation sites is 1. The monoisotopic (exact) mass is 321 g/mol. The maximum absolute atomic E-state index is 5.89. The first-order valence-electron chi connectivity index (χ1n) is 5.16. The standard InChI is InChI=1S/C12H8BrN3OS/c13-8-2-1-3-9(14)10(8)17-11-7-4-5-18-12(7)16-6-15-11/h1-6H,14H2. The Morgan fingerprint density at radius 1 is 1.22 bits per heavy atom. The van der Waals surface area contributed by atoms with Gasteiger partial charge in [-0.3, -0.25) is 0 Å². The molecule has 0 bridgehead atoms. The van der Waals surface area contributed by atoms with Crippen LogP contribution in [0.15, 0.2) is 40.4 Å². The molecule has 3 aromatic rings. The number of rotatable bonds is 2. The van der Waals surface area contributed by atoms with Crippen LogP contribution < -0.4 is 10.5 Å². The predicted molar refractivity (Wildman–Crippen MR) is 76.0 cm³/mol. The maximum Gasteiger partial charge on any atom is 0.231 e. The minimum atomic E-state index is 0.514. The van der Waals surface area contributed by atoms with Gasteiger partial charge in [0.15, 0.2) is 5.75 Å². The molecule has 1 aromatic carbocycles. The molecule has 0 amide bonds. The number of thiophene rings is 1. The van der Waals surface area contributed by atoms with Crippen molar-refractivity contribution < 1.29 is 4.74 Å². The van der Waals surface area contributed by atoms with Gasteiger partial charge in [0, 0.05) is 0 Å². The normalized spacial score (nSPS) is 10.7. The maximum atomic E-state index is 5.89. The molecule has 2 heterocycles. The van der Waals surface area contributed by atoms with E-state index in [1.807, 2.05) is 23.6 Å². The Hall–Kier alpha value is -1.66. The van der Waals surface area contributed by atoms with Gasteiger partial charge in [0.1, 0.15) is 11.2 Å². The van der Waals surface area contributed by atoms with Crippen molar-refractivity contribution in [1.82, 2.24) is 9.97 Å². The van der Waals surface area contributed by atoms with Gasteiger partial charge in [0.05, 0.1) is 15.5 Å². The lowest BCUT2D eigenvalue weighted by Crippen LogP contribution is -1.95. The van der Waals surface area contributed by atoms with E-state index in [0.29, 0.717) is 17.3 Å². The van der Waals surface area contributed by atoms with Crippen molar-refractivity contribution in [2.75, 3.05) is 5.73 Å². The van der Waals surface area contributed by atoms with Gasteiger partial charge >= 0.3 is 0 Å². The second-order valence-electron chi connectivity index (χ2n) is 3.58. The highest BCUT2D eigenvalue weighted by Crippen LogP contribution is 2.36. The predicted octanol–water partition coefficient (Wildman–Crippen LogP) is 3.83. The Morgan fingerprint density at radius 3 is 2.94 bits per heavy atom. The Kier molecular flexibility index (Phi) is 2.89. The van der Waals surface area contributed by atoms with E-state index in [9.17, 15) is 0 Å². The van der Waals surface area contributed by atoms with E-state index in [1.165, 1.54) is 6.33 Å². The number of benzene rings is 1. The van der Waals surface area contributed by atoms with Crippen LogP contribution in [0.2, 0.25) is 0 Å². The summed E-state index contributed by atoms with van der Waals surface area (Å²) >= 11 is 4.96. The van der Waals surface area contributed by atoms with Crippen LogP contribution in [-0.4, -0.2) is 9.97 Å². The zero-order chi connectivity index (χ0) is 12.5. The summed E-state index contributed by atoms with van der Waals surface area (Å²) in [5.41, 5.74) is 6.45. The molecule has 3 rings (SSSR count). The van der Waals surface area contributed by atoms with Crippen molar-refractivity contribution in [2.24, 2.45) is 0 Å². The summed E-state index contributed by atoms with van der Waals surface area (Å²) in [5.74, 6) is 1.09. The summed E-state index contributed by atoms with van der Waals surface area (Å²) in [6.07, 6.45) is 1.49. The first kappa shape index (κ1) is 11.4. The fourth-order valence-corrected chi connectivity index (χ4v) is 2.76. The lowest BCUT2D eigenvalue weighted by atomic mass is 10.3. The van der Waals surface area contributed by atoms with Crippen molar-refractivity contribution in [3.63, 3.8) is 0 Å². The van der Waals surface area contributed by atoms with Crippen molar-refractivity contribution in [1.29, 1.82) is 0 Å². The van der Waals surface area contributed by atoms with Crippen molar-refractivity contribution >= 4 is 43.2 Å². The highest BCUT2D eigenvalue weighted by Gasteiger charge is 2.11. The summed E-state index contributed by atoms with van der Waals surface area (Å²) in [6, 6.07) is 7.44. The van der Waals surface area contributed by atoms with Crippen LogP contribution in [0.5, 0.6) is 11.6 Å². The lowest BCUT2D eigenvalue weighted by molar-refractivity contribution is 0.468. The number of nitrogens with two attached hydrogens (primary N) is 1. The molecule has 2 aromatic heterocycles. The fourth-order valence-electron chi connectivity index (χ4n) is 1.58. The largest absolute Gasteiger partial charge is 0.435 e. The smallest absolute Gasteiger partial charge is 0.231 e.